The highest BCUT2D eigenvalue weighted by Gasteiger charge is 2.22. The van der Waals surface area contributed by atoms with Crippen LogP contribution in [0.2, 0.25) is 0 Å². The first-order valence-electron chi connectivity index (χ1n) is 5.91. The van der Waals surface area contributed by atoms with E-state index in [0.717, 1.165) is 5.01 Å². The van der Waals surface area contributed by atoms with Gasteiger partial charge in [-0.1, -0.05) is 15.9 Å². The molecule has 1 aromatic heterocycles. The van der Waals surface area contributed by atoms with Crippen molar-refractivity contribution in [3.05, 3.63) is 44.6 Å². The number of nitrogens with one attached hydrogen (secondary N) is 1. The highest BCUT2D eigenvalue weighted by atomic mass is 79.9. The molecule has 0 amide bonds. The molecule has 0 radical (unpaired) electrons. The van der Waals surface area contributed by atoms with Crippen molar-refractivity contribution in [3.63, 3.8) is 0 Å². The number of hydrogen-bond acceptors (Lipinski definition) is 5. The molecular formula is C12H12BrFN2O3S2. The zero-order valence-electron chi connectivity index (χ0n) is 10.7. The number of rotatable bonds is 6. The van der Waals surface area contributed by atoms with E-state index < -0.39 is 27.3 Å². The molecule has 0 spiro atoms. The number of nitrogens with zero attached hydrogens (tertiary/aromatic N) is 1. The van der Waals surface area contributed by atoms with Gasteiger partial charge in [0, 0.05) is 34.6 Å². The molecule has 1 aromatic carbocycles. The van der Waals surface area contributed by atoms with Crippen LogP contribution >= 0.6 is 27.3 Å². The number of thiazole rings is 1. The Hall–Kier alpha value is -0.870. The van der Waals surface area contributed by atoms with E-state index in [0.29, 0.717) is 10.9 Å². The van der Waals surface area contributed by atoms with Crippen LogP contribution in [0.3, 0.4) is 0 Å². The Morgan fingerprint density at radius 3 is 2.81 bits per heavy atom. The predicted octanol–water partition coefficient (Wildman–Crippen LogP) is 2.06. The fraction of sp³-hybridized carbons (Fsp3) is 0.250. The summed E-state index contributed by atoms with van der Waals surface area (Å²) in [5.74, 6) is -0.942. The molecule has 0 saturated carbocycles. The van der Waals surface area contributed by atoms with Gasteiger partial charge in [-0.3, -0.25) is 0 Å². The lowest BCUT2D eigenvalue weighted by Gasteiger charge is -2.10. The second kappa shape index (κ2) is 6.93. The molecule has 2 rings (SSSR count). The van der Waals surface area contributed by atoms with Crippen molar-refractivity contribution in [1.82, 2.24) is 9.71 Å². The van der Waals surface area contributed by atoms with E-state index in [2.05, 4.69) is 25.6 Å². The third-order valence-electron chi connectivity index (χ3n) is 2.65. The minimum Gasteiger partial charge on any atom is -0.392 e. The monoisotopic (exact) mass is 394 g/mol. The largest absolute Gasteiger partial charge is 0.392 e. The molecule has 1 heterocycles. The van der Waals surface area contributed by atoms with Crippen molar-refractivity contribution < 1.29 is 17.9 Å². The molecule has 2 aromatic rings. The van der Waals surface area contributed by atoms with E-state index in [9.17, 15) is 12.8 Å². The average Bonchev–Trinajstić information content (AvgIpc) is 2.93. The van der Waals surface area contributed by atoms with Crippen LogP contribution in [0.4, 0.5) is 4.39 Å². The minimum atomic E-state index is -3.99. The van der Waals surface area contributed by atoms with Gasteiger partial charge in [-0.25, -0.2) is 22.5 Å². The lowest BCUT2D eigenvalue weighted by atomic mass is 10.2. The smallest absolute Gasteiger partial charge is 0.243 e. The van der Waals surface area contributed by atoms with E-state index in [4.69, 9.17) is 5.11 Å². The van der Waals surface area contributed by atoms with Crippen LogP contribution in [0.1, 0.15) is 10.6 Å². The van der Waals surface area contributed by atoms with Crippen LogP contribution in [0.15, 0.2) is 33.1 Å². The third-order valence-corrected chi connectivity index (χ3v) is 5.41. The van der Waals surface area contributed by atoms with Crippen molar-refractivity contribution >= 4 is 37.3 Å². The van der Waals surface area contributed by atoms with Crippen molar-refractivity contribution in [3.8, 4) is 0 Å². The molecule has 0 atom stereocenters. The van der Waals surface area contributed by atoms with Crippen LogP contribution < -0.4 is 4.72 Å². The molecule has 0 bridgehead atoms. The first-order chi connectivity index (χ1) is 9.94. The van der Waals surface area contributed by atoms with E-state index in [-0.39, 0.29) is 12.1 Å². The molecule has 0 aliphatic rings. The first-order valence-corrected chi connectivity index (χ1v) is 9.06. The third kappa shape index (κ3) is 4.07. The van der Waals surface area contributed by atoms with Gasteiger partial charge in [-0.2, -0.15) is 0 Å². The number of aliphatic hydroxyl groups is 1. The summed E-state index contributed by atoms with van der Waals surface area (Å²) in [7, 11) is -3.99. The van der Waals surface area contributed by atoms with Crippen LogP contribution in [-0.2, 0) is 23.1 Å². The molecule has 0 fully saturated rings. The van der Waals surface area contributed by atoms with Crippen LogP contribution in [-0.4, -0.2) is 25.1 Å². The van der Waals surface area contributed by atoms with Gasteiger partial charge in [-0.15, -0.1) is 11.3 Å². The quantitative estimate of drug-likeness (QED) is 0.785. The van der Waals surface area contributed by atoms with Gasteiger partial charge in [0.05, 0.1) is 11.6 Å². The second-order valence-corrected chi connectivity index (χ2v) is 7.74. The summed E-state index contributed by atoms with van der Waals surface area (Å²) in [6.07, 6.45) is 2.06. The number of sulfonamides is 1. The second-order valence-electron chi connectivity index (χ2n) is 4.11. The standard InChI is InChI=1S/C12H12BrFN2O3S2/c13-9-5-8(7-17)12(14)10(6-9)21(18,19)16-2-1-11-15-3-4-20-11/h3-6,16-17H,1-2,7H2. The molecule has 0 unspecified atom stereocenters. The van der Waals surface area contributed by atoms with E-state index in [1.54, 1.807) is 11.6 Å². The molecule has 21 heavy (non-hydrogen) atoms. The van der Waals surface area contributed by atoms with Crippen molar-refractivity contribution in [1.29, 1.82) is 0 Å². The molecule has 0 aliphatic carbocycles. The lowest BCUT2D eigenvalue weighted by molar-refractivity contribution is 0.274. The zero-order chi connectivity index (χ0) is 15.5. The summed E-state index contributed by atoms with van der Waals surface area (Å²) in [5, 5.41) is 11.6. The summed E-state index contributed by atoms with van der Waals surface area (Å²) in [6.45, 7) is -0.455. The Morgan fingerprint density at radius 1 is 1.43 bits per heavy atom. The maximum Gasteiger partial charge on any atom is 0.243 e. The van der Waals surface area contributed by atoms with E-state index in [1.807, 2.05) is 0 Å². The van der Waals surface area contributed by atoms with Crippen LogP contribution in [0.25, 0.3) is 0 Å². The van der Waals surface area contributed by atoms with E-state index in [1.165, 1.54) is 23.5 Å². The summed E-state index contributed by atoms with van der Waals surface area (Å²) < 4.78 is 41.0. The molecule has 5 nitrogen and oxygen atoms in total. The number of hydrogen-bond donors (Lipinski definition) is 2. The highest BCUT2D eigenvalue weighted by molar-refractivity contribution is 9.10. The number of aromatic nitrogens is 1. The number of aliphatic hydroxyl groups excluding tert-OH is 1. The highest BCUT2D eigenvalue weighted by Crippen LogP contribution is 2.24. The van der Waals surface area contributed by atoms with Gasteiger partial charge in [-0.05, 0) is 12.1 Å². The Balaban J connectivity index is 2.17. The topological polar surface area (TPSA) is 79.3 Å². The van der Waals surface area contributed by atoms with Gasteiger partial charge in [0.1, 0.15) is 10.7 Å². The Labute approximate surface area is 134 Å². The van der Waals surface area contributed by atoms with Crippen LogP contribution in [0.5, 0.6) is 0 Å². The number of halogens is 2. The summed E-state index contributed by atoms with van der Waals surface area (Å²) in [5.41, 5.74) is -0.0790. The van der Waals surface area contributed by atoms with Gasteiger partial charge in [0.15, 0.2) is 0 Å². The average molecular weight is 395 g/mol. The summed E-state index contributed by atoms with van der Waals surface area (Å²) in [6, 6.07) is 2.50. The maximum absolute atomic E-state index is 14.0. The summed E-state index contributed by atoms with van der Waals surface area (Å²) in [4.78, 5) is 3.55. The zero-order valence-corrected chi connectivity index (χ0v) is 13.9. The first kappa shape index (κ1) is 16.5. The molecule has 114 valence electrons. The minimum absolute atomic E-state index is 0.0790. The maximum atomic E-state index is 14.0. The van der Waals surface area contributed by atoms with Gasteiger partial charge >= 0.3 is 0 Å². The van der Waals surface area contributed by atoms with Gasteiger partial charge in [0.2, 0.25) is 10.0 Å². The fourth-order valence-electron chi connectivity index (χ4n) is 1.68. The normalized spacial score (nSPS) is 11.8. The van der Waals surface area contributed by atoms with E-state index >= 15 is 0 Å². The SMILES string of the molecule is O=S(=O)(NCCc1nccs1)c1cc(Br)cc(CO)c1F. The van der Waals surface area contributed by atoms with Crippen molar-refractivity contribution in [2.24, 2.45) is 0 Å². The van der Waals surface area contributed by atoms with Gasteiger partial charge < -0.3 is 5.11 Å². The van der Waals surface area contributed by atoms with Crippen molar-refractivity contribution in [2.75, 3.05) is 6.54 Å². The molecular weight excluding hydrogens is 383 g/mol. The predicted molar refractivity (Wildman–Crippen MR) is 81.0 cm³/mol. The van der Waals surface area contributed by atoms with Crippen molar-refractivity contribution in [2.45, 2.75) is 17.9 Å². The molecule has 0 saturated heterocycles. The Bertz CT molecular complexity index is 720. The Morgan fingerprint density at radius 2 is 2.19 bits per heavy atom. The number of benzene rings is 1. The Kier molecular flexibility index (Phi) is 5.44. The molecule has 2 N–H and O–H groups in total. The van der Waals surface area contributed by atoms with Gasteiger partial charge in [0.25, 0.3) is 0 Å². The summed E-state index contributed by atoms with van der Waals surface area (Å²) >= 11 is 4.52. The fourth-order valence-corrected chi connectivity index (χ4v) is 4.13. The van der Waals surface area contributed by atoms with Crippen LogP contribution in [0, 0.1) is 5.82 Å². The molecule has 9 heteroatoms. The molecule has 0 aliphatic heterocycles. The lowest BCUT2D eigenvalue weighted by Crippen LogP contribution is -2.27.